The summed E-state index contributed by atoms with van der Waals surface area (Å²) in [6, 6.07) is 6.71. The summed E-state index contributed by atoms with van der Waals surface area (Å²) in [7, 11) is 0. The number of aromatic carboxylic acids is 1. The van der Waals surface area contributed by atoms with Gasteiger partial charge < -0.3 is 14.8 Å². The van der Waals surface area contributed by atoms with Gasteiger partial charge in [0, 0.05) is 13.0 Å². The van der Waals surface area contributed by atoms with Gasteiger partial charge >= 0.3 is 5.97 Å². The number of rotatable bonds is 6. The van der Waals surface area contributed by atoms with Crippen molar-refractivity contribution in [1.82, 2.24) is 14.8 Å². The number of carboxylic acid groups (broad SMARTS) is 1. The van der Waals surface area contributed by atoms with Gasteiger partial charge in [-0.05, 0) is 24.1 Å². The number of hydrogen-bond acceptors (Lipinski definition) is 4. The Balaban J connectivity index is 2.08. The summed E-state index contributed by atoms with van der Waals surface area (Å²) in [6.45, 7) is 0.716. The lowest BCUT2D eigenvalue weighted by Gasteiger charge is -2.06. The van der Waals surface area contributed by atoms with Crippen LogP contribution in [-0.4, -0.2) is 37.6 Å². The fourth-order valence-electron chi connectivity index (χ4n) is 1.79. The molecule has 0 unspecified atom stereocenters. The Labute approximate surface area is 110 Å². The topological polar surface area (TPSA) is 88.2 Å². The standard InChI is InChI=1S/C13H15N3O3/c17-7-1-2-12-15-14-9-16(12)8-10-3-5-11(6-4-10)13(18)19/h3-6,9,17H,1-2,7-8H2,(H,18,19). The zero-order chi connectivity index (χ0) is 13.7. The van der Waals surface area contributed by atoms with E-state index < -0.39 is 5.97 Å². The molecule has 100 valence electrons. The number of aliphatic hydroxyl groups excluding tert-OH is 1. The zero-order valence-electron chi connectivity index (χ0n) is 10.4. The molecule has 2 N–H and O–H groups in total. The van der Waals surface area contributed by atoms with Crippen LogP contribution < -0.4 is 0 Å². The second-order valence-electron chi connectivity index (χ2n) is 4.20. The molecule has 0 fully saturated rings. The summed E-state index contributed by atoms with van der Waals surface area (Å²) < 4.78 is 1.89. The molecule has 6 heteroatoms. The molecule has 2 aromatic rings. The van der Waals surface area contributed by atoms with Gasteiger partial charge in [-0.1, -0.05) is 12.1 Å². The van der Waals surface area contributed by atoms with Crippen LogP contribution in [0, 0.1) is 0 Å². The zero-order valence-corrected chi connectivity index (χ0v) is 10.4. The van der Waals surface area contributed by atoms with Crippen molar-refractivity contribution in [2.24, 2.45) is 0 Å². The van der Waals surface area contributed by atoms with E-state index in [1.807, 2.05) is 4.57 Å². The number of aromatic nitrogens is 3. The van der Waals surface area contributed by atoms with Crippen LogP contribution in [-0.2, 0) is 13.0 Å². The van der Waals surface area contributed by atoms with Gasteiger partial charge in [0.1, 0.15) is 12.2 Å². The fraction of sp³-hybridized carbons (Fsp3) is 0.308. The summed E-state index contributed by atoms with van der Waals surface area (Å²) in [5, 5.41) is 25.5. The predicted molar refractivity (Wildman–Crippen MR) is 67.9 cm³/mol. The number of hydrogen-bond donors (Lipinski definition) is 2. The number of aryl methyl sites for hydroxylation is 1. The number of carboxylic acids is 1. The first-order valence-electron chi connectivity index (χ1n) is 6.00. The minimum atomic E-state index is -0.931. The van der Waals surface area contributed by atoms with E-state index in [1.165, 1.54) is 0 Å². The van der Waals surface area contributed by atoms with Crippen LogP contribution in [0.1, 0.15) is 28.2 Å². The minimum Gasteiger partial charge on any atom is -0.478 e. The summed E-state index contributed by atoms with van der Waals surface area (Å²) in [6.07, 6.45) is 2.96. The van der Waals surface area contributed by atoms with Crippen LogP contribution in [0.25, 0.3) is 0 Å². The summed E-state index contributed by atoms with van der Waals surface area (Å²) in [5.41, 5.74) is 1.25. The van der Waals surface area contributed by atoms with Gasteiger partial charge in [-0.3, -0.25) is 0 Å². The molecule has 19 heavy (non-hydrogen) atoms. The van der Waals surface area contributed by atoms with Crippen LogP contribution in [0.4, 0.5) is 0 Å². The Morgan fingerprint density at radius 3 is 2.63 bits per heavy atom. The summed E-state index contributed by atoms with van der Waals surface area (Å²) in [5.74, 6) is -0.115. The van der Waals surface area contributed by atoms with Crippen molar-refractivity contribution in [3.05, 3.63) is 47.5 Å². The van der Waals surface area contributed by atoms with Crippen molar-refractivity contribution >= 4 is 5.97 Å². The Bertz CT molecular complexity index is 549. The Morgan fingerprint density at radius 2 is 2.00 bits per heavy atom. The maximum atomic E-state index is 10.8. The molecule has 1 aromatic carbocycles. The molecule has 0 bridgehead atoms. The van der Waals surface area contributed by atoms with Gasteiger partial charge in [-0.15, -0.1) is 10.2 Å². The number of benzene rings is 1. The van der Waals surface area contributed by atoms with E-state index in [9.17, 15) is 4.79 Å². The quantitative estimate of drug-likeness (QED) is 0.808. The molecule has 0 saturated heterocycles. The number of carbonyl (C=O) groups is 1. The summed E-state index contributed by atoms with van der Waals surface area (Å²) >= 11 is 0. The van der Waals surface area contributed by atoms with Crippen LogP contribution >= 0.6 is 0 Å². The minimum absolute atomic E-state index is 0.125. The first-order chi connectivity index (χ1) is 9.20. The molecule has 0 amide bonds. The molecule has 0 aliphatic rings. The van der Waals surface area contributed by atoms with Crippen molar-refractivity contribution in [3.8, 4) is 0 Å². The highest BCUT2D eigenvalue weighted by atomic mass is 16.4. The molecule has 0 saturated carbocycles. The van der Waals surface area contributed by atoms with Crippen molar-refractivity contribution < 1.29 is 15.0 Å². The molecule has 2 rings (SSSR count). The van der Waals surface area contributed by atoms with E-state index >= 15 is 0 Å². The van der Waals surface area contributed by atoms with Gasteiger partial charge in [0.25, 0.3) is 0 Å². The molecule has 0 atom stereocenters. The maximum absolute atomic E-state index is 10.8. The normalized spacial score (nSPS) is 10.6. The Kier molecular flexibility index (Phi) is 4.25. The molecule has 0 aliphatic carbocycles. The van der Waals surface area contributed by atoms with Crippen LogP contribution in [0.5, 0.6) is 0 Å². The van der Waals surface area contributed by atoms with Crippen LogP contribution in [0.2, 0.25) is 0 Å². The van der Waals surface area contributed by atoms with Gasteiger partial charge in [0.15, 0.2) is 0 Å². The fourth-order valence-corrected chi connectivity index (χ4v) is 1.79. The van der Waals surface area contributed by atoms with Gasteiger partial charge in [0.2, 0.25) is 0 Å². The van der Waals surface area contributed by atoms with Gasteiger partial charge in [-0.25, -0.2) is 4.79 Å². The molecule has 0 radical (unpaired) electrons. The molecule has 6 nitrogen and oxygen atoms in total. The SMILES string of the molecule is O=C(O)c1ccc(Cn2cnnc2CCCO)cc1. The molecule has 0 spiro atoms. The van der Waals surface area contributed by atoms with E-state index in [4.69, 9.17) is 10.2 Å². The van der Waals surface area contributed by atoms with E-state index in [0.29, 0.717) is 19.4 Å². The summed E-state index contributed by atoms with van der Waals surface area (Å²) in [4.78, 5) is 10.8. The third-order valence-electron chi connectivity index (χ3n) is 2.81. The Morgan fingerprint density at radius 1 is 1.26 bits per heavy atom. The maximum Gasteiger partial charge on any atom is 0.335 e. The molecular weight excluding hydrogens is 246 g/mol. The van der Waals surface area contributed by atoms with Crippen LogP contribution in [0.15, 0.2) is 30.6 Å². The monoisotopic (exact) mass is 261 g/mol. The first kappa shape index (κ1) is 13.2. The third-order valence-corrected chi connectivity index (χ3v) is 2.81. The highest BCUT2D eigenvalue weighted by molar-refractivity contribution is 5.87. The smallest absolute Gasteiger partial charge is 0.335 e. The van der Waals surface area contributed by atoms with Crippen molar-refractivity contribution in [2.75, 3.05) is 6.61 Å². The molecule has 1 heterocycles. The Hall–Kier alpha value is -2.21. The van der Waals surface area contributed by atoms with Crippen LogP contribution in [0.3, 0.4) is 0 Å². The molecular formula is C13H15N3O3. The van der Waals surface area contributed by atoms with E-state index in [-0.39, 0.29) is 12.2 Å². The average molecular weight is 261 g/mol. The van der Waals surface area contributed by atoms with Crippen molar-refractivity contribution in [3.63, 3.8) is 0 Å². The molecule has 1 aromatic heterocycles. The van der Waals surface area contributed by atoms with Gasteiger partial charge in [-0.2, -0.15) is 0 Å². The largest absolute Gasteiger partial charge is 0.478 e. The first-order valence-corrected chi connectivity index (χ1v) is 6.00. The highest BCUT2D eigenvalue weighted by Crippen LogP contribution is 2.08. The average Bonchev–Trinajstić information content (AvgIpc) is 2.84. The second kappa shape index (κ2) is 6.10. The van der Waals surface area contributed by atoms with E-state index in [1.54, 1.807) is 30.6 Å². The van der Waals surface area contributed by atoms with E-state index in [0.717, 1.165) is 11.4 Å². The lowest BCUT2D eigenvalue weighted by molar-refractivity contribution is 0.0697. The lowest BCUT2D eigenvalue weighted by Crippen LogP contribution is -2.05. The van der Waals surface area contributed by atoms with Gasteiger partial charge in [0.05, 0.1) is 12.1 Å². The number of aliphatic hydroxyl groups is 1. The van der Waals surface area contributed by atoms with Crippen molar-refractivity contribution in [2.45, 2.75) is 19.4 Å². The van der Waals surface area contributed by atoms with Crippen molar-refractivity contribution in [1.29, 1.82) is 0 Å². The number of nitrogens with zero attached hydrogens (tertiary/aromatic N) is 3. The predicted octanol–water partition coefficient (Wildman–Crippen LogP) is 0.950. The molecule has 0 aliphatic heterocycles. The highest BCUT2D eigenvalue weighted by Gasteiger charge is 2.06. The second-order valence-corrected chi connectivity index (χ2v) is 4.20. The third kappa shape index (κ3) is 3.38. The van der Waals surface area contributed by atoms with E-state index in [2.05, 4.69) is 10.2 Å². The lowest BCUT2D eigenvalue weighted by atomic mass is 10.1.